The van der Waals surface area contributed by atoms with Crippen molar-refractivity contribution in [3.63, 3.8) is 0 Å². The molecule has 0 unspecified atom stereocenters. The third kappa shape index (κ3) is 3.16. The van der Waals surface area contributed by atoms with Crippen LogP contribution in [-0.2, 0) is 14.3 Å². The van der Waals surface area contributed by atoms with Crippen LogP contribution in [-0.4, -0.2) is 34.7 Å². The van der Waals surface area contributed by atoms with E-state index < -0.39 is 17.9 Å². The Morgan fingerprint density at radius 3 is 2.91 bits per heavy atom. The lowest BCUT2D eigenvalue weighted by molar-refractivity contribution is -0.124. The minimum atomic E-state index is -1.17. The van der Waals surface area contributed by atoms with E-state index in [2.05, 4.69) is 5.32 Å². The van der Waals surface area contributed by atoms with Gasteiger partial charge in [-0.2, -0.15) is 0 Å². The molecule has 1 saturated heterocycles. The fourth-order valence-corrected chi connectivity index (χ4v) is 2.71. The molecule has 1 aromatic rings. The summed E-state index contributed by atoms with van der Waals surface area (Å²) in [5.74, 6) is -0.378. The summed E-state index contributed by atoms with van der Waals surface area (Å²) in [5, 5.41) is 13.1. The first-order valence-electron chi connectivity index (χ1n) is 7.19. The van der Waals surface area contributed by atoms with Gasteiger partial charge in [0.25, 0.3) is 0 Å². The van der Waals surface area contributed by atoms with Gasteiger partial charge in [-0.05, 0) is 23.8 Å². The van der Waals surface area contributed by atoms with E-state index >= 15 is 0 Å². The van der Waals surface area contributed by atoms with Crippen LogP contribution in [0.15, 0.2) is 48.6 Å². The summed E-state index contributed by atoms with van der Waals surface area (Å²) < 4.78 is 5.57. The number of benzene rings is 1. The smallest absolute Gasteiger partial charge is 0.245 e. The molecule has 1 aliphatic heterocycles. The van der Waals surface area contributed by atoms with Crippen molar-refractivity contribution in [2.75, 3.05) is 0 Å². The Balaban J connectivity index is 1.59. The second-order valence-corrected chi connectivity index (χ2v) is 5.57. The molecule has 5 heteroatoms. The first-order chi connectivity index (χ1) is 10.5. The second kappa shape index (κ2) is 5.87. The molecule has 0 spiro atoms. The molecule has 1 heterocycles. The molecule has 1 aliphatic carbocycles. The molecule has 22 heavy (non-hydrogen) atoms. The number of ketones is 1. The van der Waals surface area contributed by atoms with E-state index in [-0.39, 0.29) is 24.5 Å². The summed E-state index contributed by atoms with van der Waals surface area (Å²) >= 11 is 0. The maximum atomic E-state index is 11.9. The quantitative estimate of drug-likeness (QED) is 0.822. The van der Waals surface area contributed by atoms with Gasteiger partial charge < -0.3 is 15.2 Å². The highest BCUT2D eigenvalue weighted by Gasteiger charge is 2.48. The minimum absolute atomic E-state index is 0.0781. The zero-order chi connectivity index (χ0) is 15.6. The van der Waals surface area contributed by atoms with Crippen molar-refractivity contribution in [1.82, 2.24) is 5.32 Å². The highest BCUT2D eigenvalue weighted by molar-refractivity contribution is 5.92. The van der Waals surface area contributed by atoms with E-state index in [0.717, 1.165) is 5.56 Å². The van der Waals surface area contributed by atoms with Gasteiger partial charge in [-0.15, -0.1) is 0 Å². The molecule has 0 bridgehead atoms. The van der Waals surface area contributed by atoms with Crippen LogP contribution in [0.1, 0.15) is 18.4 Å². The average molecular weight is 299 g/mol. The third-order valence-electron chi connectivity index (χ3n) is 3.87. The van der Waals surface area contributed by atoms with Crippen LogP contribution in [0.3, 0.4) is 0 Å². The largest absolute Gasteiger partial charge is 0.383 e. The van der Waals surface area contributed by atoms with Gasteiger partial charge in [0.1, 0.15) is 11.8 Å². The van der Waals surface area contributed by atoms with E-state index in [9.17, 15) is 14.7 Å². The molecular formula is C17H17NO4. The number of fused-ring (bicyclic) bond motifs is 1. The third-order valence-corrected chi connectivity index (χ3v) is 3.87. The molecular weight excluding hydrogens is 282 g/mol. The van der Waals surface area contributed by atoms with E-state index in [0.29, 0.717) is 0 Å². The van der Waals surface area contributed by atoms with Crippen molar-refractivity contribution in [2.24, 2.45) is 0 Å². The molecule has 1 fully saturated rings. The van der Waals surface area contributed by atoms with E-state index in [4.69, 9.17) is 4.74 Å². The number of rotatable bonds is 3. The molecule has 1 aromatic carbocycles. The Hall–Kier alpha value is -2.24. The Kier molecular flexibility index (Phi) is 3.92. The van der Waals surface area contributed by atoms with Gasteiger partial charge in [-0.1, -0.05) is 30.3 Å². The van der Waals surface area contributed by atoms with Crippen LogP contribution < -0.4 is 5.32 Å². The first kappa shape index (κ1) is 14.7. The Bertz CT molecular complexity index is 637. The lowest BCUT2D eigenvalue weighted by Gasteiger charge is -2.26. The van der Waals surface area contributed by atoms with Crippen molar-refractivity contribution >= 4 is 17.8 Å². The molecule has 3 atom stereocenters. The summed E-state index contributed by atoms with van der Waals surface area (Å²) in [6.07, 6.45) is 5.16. The maximum Gasteiger partial charge on any atom is 0.245 e. The van der Waals surface area contributed by atoms with Crippen LogP contribution in [0.5, 0.6) is 0 Å². The molecule has 2 N–H and O–H groups in total. The highest BCUT2D eigenvalue weighted by Crippen LogP contribution is 2.35. The van der Waals surface area contributed by atoms with E-state index in [1.54, 1.807) is 6.08 Å². The predicted octanol–water partition coefficient (Wildman–Crippen LogP) is 1.19. The molecule has 3 rings (SSSR count). The fraction of sp³-hybridized carbons (Fsp3) is 0.294. The van der Waals surface area contributed by atoms with Crippen LogP contribution in [0, 0.1) is 0 Å². The van der Waals surface area contributed by atoms with Crippen LogP contribution in [0.4, 0.5) is 0 Å². The molecule has 0 aromatic heterocycles. The first-order valence-corrected chi connectivity index (χ1v) is 7.19. The van der Waals surface area contributed by atoms with Crippen molar-refractivity contribution in [3.8, 4) is 0 Å². The molecule has 5 nitrogen and oxygen atoms in total. The number of ether oxygens (including phenoxy) is 1. The van der Waals surface area contributed by atoms with Gasteiger partial charge in [0.05, 0.1) is 6.10 Å². The van der Waals surface area contributed by atoms with Crippen molar-refractivity contribution in [3.05, 3.63) is 54.1 Å². The van der Waals surface area contributed by atoms with Crippen LogP contribution in [0.25, 0.3) is 6.08 Å². The summed E-state index contributed by atoms with van der Waals surface area (Å²) in [5.41, 5.74) is -0.250. The van der Waals surface area contributed by atoms with Gasteiger partial charge in [-0.25, -0.2) is 0 Å². The van der Waals surface area contributed by atoms with Crippen LogP contribution >= 0.6 is 0 Å². The summed E-state index contributed by atoms with van der Waals surface area (Å²) in [4.78, 5) is 23.3. The number of carbonyl (C=O) groups excluding carboxylic acids is 2. The van der Waals surface area contributed by atoms with Gasteiger partial charge >= 0.3 is 0 Å². The zero-order valence-corrected chi connectivity index (χ0v) is 11.9. The number of nitrogens with one attached hydrogen (secondary N) is 1. The van der Waals surface area contributed by atoms with E-state index in [1.807, 2.05) is 30.3 Å². The summed E-state index contributed by atoms with van der Waals surface area (Å²) in [6, 6.07) is 9.47. The van der Waals surface area contributed by atoms with Gasteiger partial charge in [0, 0.05) is 18.9 Å². The van der Waals surface area contributed by atoms with Crippen LogP contribution in [0.2, 0.25) is 0 Å². The number of aliphatic hydroxyl groups is 1. The standard InChI is InChI=1S/C17H17NO4/c19-13-8-9-17(21)11-16(22-14(17)10-13)18-15(20)7-6-12-4-2-1-3-5-12/h1-9,14,16,21H,10-11H2,(H,18,20)/b7-6+/t14-,16+,17-/m0/s1. The second-order valence-electron chi connectivity index (χ2n) is 5.57. The van der Waals surface area contributed by atoms with E-state index in [1.165, 1.54) is 18.2 Å². The van der Waals surface area contributed by atoms with Gasteiger partial charge in [0.2, 0.25) is 5.91 Å². The fourth-order valence-electron chi connectivity index (χ4n) is 2.71. The topological polar surface area (TPSA) is 75.6 Å². The average Bonchev–Trinajstić information content (AvgIpc) is 2.82. The highest BCUT2D eigenvalue weighted by atomic mass is 16.5. The monoisotopic (exact) mass is 299 g/mol. The van der Waals surface area contributed by atoms with Gasteiger partial charge in [0.15, 0.2) is 5.78 Å². The molecule has 114 valence electrons. The number of hydrogen-bond donors (Lipinski definition) is 2. The number of amides is 1. The Labute approximate surface area is 128 Å². The maximum absolute atomic E-state index is 11.9. The normalized spacial score (nSPS) is 30.5. The van der Waals surface area contributed by atoms with Crippen molar-refractivity contribution < 1.29 is 19.4 Å². The molecule has 1 amide bonds. The minimum Gasteiger partial charge on any atom is -0.383 e. The Morgan fingerprint density at radius 1 is 1.36 bits per heavy atom. The van der Waals surface area contributed by atoms with Crippen molar-refractivity contribution in [1.29, 1.82) is 0 Å². The molecule has 2 aliphatic rings. The Morgan fingerprint density at radius 2 is 2.14 bits per heavy atom. The number of allylic oxidation sites excluding steroid dienone is 1. The SMILES string of the molecule is O=C1C=C[C@]2(O)C[C@H](NC(=O)/C=C/c3ccccc3)O[C@H]2C1. The van der Waals surface area contributed by atoms with Gasteiger partial charge in [-0.3, -0.25) is 9.59 Å². The van der Waals surface area contributed by atoms with Crippen molar-refractivity contribution in [2.45, 2.75) is 30.8 Å². The summed E-state index contributed by atoms with van der Waals surface area (Å²) in [7, 11) is 0. The lowest BCUT2D eigenvalue weighted by Crippen LogP contribution is -2.40. The number of carbonyl (C=O) groups is 2. The number of hydrogen-bond acceptors (Lipinski definition) is 4. The summed E-state index contributed by atoms with van der Waals surface area (Å²) in [6.45, 7) is 0. The predicted molar refractivity (Wildman–Crippen MR) is 80.6 cm³/mol. The zero-order valence-electron chi connectivity index (χ0n) is 11.9. The lowest BCUT2D eigenvalue weighted by atomic mass is 9.87. The molecule has 0 radical (unpaired) electrons. The molecule has 0 saturated carbocycles.